The monoisotopic (exact) mass is 393 g/mol. The van der Waals surface area contributed by atoms with Gasteiger partial charge in [-0.2, -0.15) is 4.31 Å². The predicted octanol–water partition coefficient (Wildman–Crippen LogP) is 3.18. The number of piperazine rings is 1. The maximum absolute atomic E-state index is 12.9. The molecule has 5 nitrogen and oxygen atoms in total. The van der Waals surface area contributed by atoms with Crippen LogP contribution in [0.3, 0.4) is 0 Å². The van der Waals surface area contributed by atoms with Crippen molar-refractivity contribution in [2.75, 3.05) is 26.2 Å². The van der Waals surface area contributed by atoms with E-state index < -0.39 is 10.0 Å². The molecule has 2 aromatic carbocycles. The Bertz CT molecular complexity index is 948. The molecule has 0 aliphatic carbocycles. The van der Waals surface area contributed by atoms with E-state index in [0.29, 0.717) is 26.2 Å². The molecule has 1 aliphatic heterocycles. The summed E-state index contributed by atoms with van der Waals surface area (Å²) in [6.07, 6.45) is 3.00. The Kier molecular flexibility index (Phi) is 5.52. The van der Waals surface area contributed by atoms with E-state index in [9.17, 15) is 8.42 Å². The van der Waals surface area contributed by atoms with Gasteiger partial charge in [-0.25, -0.2) is 8.42 Å². The molecular weight excluding hydrogens is 370 g/mol. The summed E-state index contributed by atoms with van der Waals surface area (Å²) in [7, 11) is -3.50. The van der Waals surface area contributed by atoms with E-state index in [1.54, 1.807) is 22.6 Å². The highest BCUT2D eigenvalue weighted by molar-refractivity contribution is 7.89. The molecule has 0 saturated carbocycles. The second-order valence-corrected chi connectivity index (χ2v) is 8.79. The van der Waals surface area contributed by atoms with Crippen LogP contribution < -0.4 is 0 Å². The van der Waals surface area contributed by atoms with Crippen molar-refractivity contribution >= 4 is 10.0 Å². The lowest BCUT2D eigenvalue weighted by molar-refractivity contribution is 0.156. The summed E-state index contributed by atoms with van der Waals surface area (Å²) in [6.45, 7) is 2.28. The van der Waals surface area contributed by atoms with Gasteiger partial charge in [0.25, 0.3) is 0 Å². The van der Waals surface area contributed by atoms with Crippen molar-refractivity contribution < 1.29 is 8.42 Å². The van der Waals surface area contributed by atoms with Crippen LogP contribution in [0.5, 0.6) is 0 Å². The van der Waals surface area contributed by atoms with E-state index in [-0.39, 0.29) is 10.9 Å². The lowest BCUT2D eigenvalue weighted by Crippen LogP contribution is -2.49. The van der Waals surface area contributed by atoms with Crippen LogP contribution in [0.1, 0.15) is 17.2 Å². The first kappa shape index (κ1) is 18.8. The highest BCUT2D eigenvalue weighted by Gasteiger charge is 2.32. The molecule has 1 aromatic heterocycles. The van der Waals surface area contributed by atoms with Gasteiger partial charge in [-0.05, 0) is 23.3 Å². The molecule has 0 bridgehead atoms. The molecule has 0 amide bonds. The molecule has 2 heterocycles. The number of nitrogens with zero attached hydrogens (tertiary/aromatic N) is 3. The Morgan fingerprint density at radius 3 is 1.82 bits per heavy atom. The van der Waals surface area contributed by atoms with E-state index in [1.165, 1.54) is 17.3 Å². The molecule has 1 fully saturated rings. The average molecular weight is 394 g/mol. The minimum Gasteiger partial charge on any atom is -0.290 e. The van der Waals surface area contributed by atoms with E-state index in [2.05, 4.69) is 34.1 Å². The summed E-state index contributed by atoms with van der Waals surface area (Å²) >= 11 is 0. The summed E-state index contributed by atoms with van der Waals surface area (Å²) in [5.41, 5.74) is 2.44. The number of hydrogen-bond acceptors (Lipinski definition) is 4. The zero-order valence-corrected chi connectivity index (χ0v) is 16.4. The molecule has 6 heteroatoms. The van der Waals surface area contributed by atoms with Gasteiger partial charge in [0.1, 0.15) is 4.90 Å². The van der Waals surface area contributed by atoms with Crippen LogP contribution in [0.25, 0.3) is 0 Å². The van der Waals surface area contributed by atoms with Crippen LogP contribution in [0.4, 0.5) is 0 Å². The van der Waals surface area contributed by atoms with Crippen molar-refractivity contribution in [3.05, 3.63) is 96.3 Å². The van der Waals surface area contributed by atoms with Crippen LogP contribution in [-0.4, -0.2) is 48.8 Å². The van der Waals surface area contributed by atoms with E-state index in [0.717, 1.165) is 0 Å². The molecule has 0 N–H and O–H groups in total. The van der Waals surface area contributed by atoms with Gasteiger partial charge in [0.05, 0.1) is 6.04 Å². The van der Waals surface area contributed by atoms with Crippen LogP contribution in [-0.2, 0) is 10.0 Å². The van der Waals surface area contributed by atoms with Gasteiger partial charge >= 0.3 is 0 Å². The number of hydrogen-bond donors (Lipinski definition) is 0. The lowest BCUT2D eigenvalue weighted by Gasteiger charge is -2.39. The summed E-state index contributed by atoms with van der Waals surface area (Å²) in [5, 5.41) is 0. The van der Waals surface area contributed by atoms with Crippen molar-refractivity contribution in [1.29, 1.82) is 0 Å². The first-order valence-corrected chi connectivity index (χ1v) is 10.8. The van der Waals surface area contributed by atoms with Crippen LogP contribution in [0.2, 0.25) is 0 Å². The predicted molar refractivity (Wildman–Crippen MR) is 109 cm³/mol. The summed E-state index contributed by atoms with van der Waals surface area (Å²) in [6, 6.07) is 24.2. The Labute approximate surface area is 166 Å². The van der Waals surface area contributed by atoms with Crippen LogP contribution in [0.15, 0.2) is 90.1 Å². The highest BCUT2D eigenvalue weighted by Crippen LogP contribution is 2.30. The first-order chi connectivity index (χ1) is 13.7. The van der Waals surface area contributed by atoms with Gasteiger partial charge in [-0.1, -0.05) is 60.7 Å². The fourth-order valence-corrected chi connectivity index (χ4v) is 5.12. The minimum absolute atomic E-state index is 0.116. The maximum Gasteiger partial charge on any atom is 0.244 e. The fourth-order valence-electron chi connectivity index (χ4n) is 3.74. The summed E-state index contributed by atoms with van der Waals surface area (Å²) in [5.74, 6) is 0. The Morgan fingerprint density at radius 1 is 0.750 bits per heavy atom. The number of rotatable bonds is 5. The standard InChI is InChI=1S/C22H23N3O2S/c26-28(27,21-12-7-13-23-18-21)25-16-14-24(15-17-25)22(19-8-3-1-4-9-19)20-10-5-2-6-11-20/h1-13,18,22H,14-17H2. The smallest absolute Gasteiger partial charge is 0.244 e. The topological polar surface area (TPSA) is 53.5 Å². The normalized spacial score (nSPS) is 16.3. The van der Waals surface area contributed by atoms with Crippen molar-refractivity contribution in [3.8, 4) is 0 Å². The molecule has 0 unspecified atom stereocenters. The molecule has 1 saturated heterocycles. The van der Waals surface area contributed by atoms with Gasteiger partial charge in [0.15, 0.2) is 0 Å². The third-order valence-corrected chi connectivity index (χ3v) is 7.02. The van der Waals surface area contributed by atoms with Crippen LogP contribution >= 0.6 is 0 Å². The Balaban J connectivity index is 1.56. The average Bonchev–Trinajstić information content (AvgIpc) is 2.76. The van der Waals surface area contributed by atoms with E-state index >= 15 is 0 Å². The second-order valence-electron chi connectivity index (χ2n) is 6.85. The van der Waals surface area contributed by atoms with Gasteiger partial charge in [-0.15, -0.1) is 0 Å². The summed E-state index contributed by atoms with van der Waals surface area (Å²) in [4.78, 5) is 6.57. The van der Waals surface area contributed by atoms with E-state index in [1.807, 2.05) is 36.4 Å². The largest absolute Gasteiger partial charge is 0.290 e. The summed E-state index contributed by atoms with van der Waals surface area (Å²) < 4.78 is 27.3. The number of aromatic nitrogens is 1. The molecule has 1 aliphatic rings. The lowest BCUT2D eigenvalue weighted by atomic mass is 9.96. The van der Waals surface area contributed by atoms with Crippen molar-refractivity contribution in [1.82, 2.24) is 14.2 Å². The molecular formula is C22H23N3O2S. The molecule has 0 atom stereocenters. The number of benzene rings is 2. The van der Waals surface area contributed by atoms with Crippen molar-refractivity contribution in [2.24, 2.45) is 0 Å². The number of pyridine rings is 1. The SMILES string of the molecule is O=S(=O)(c1cccnc1)N1CCN(C(c2ccccc2)c2ccccc2)CC1. The fraction of sp³-hybridized carbons (Fsp3) is 0.227. The zero-order chi connectivity index (χ0) is 19.4. The first-order valence-electron chi connectivity index (χ1n) is 9.40. The van der Waals surface area contributed by atoms with Crippen LogP contribution in [0, 0.1) is 0 Å². The molecule has 0 radical (unpaired) electrons. The molecule has 144 valence electrons. The van der Waals surface area contributed by atoms with Gasteiger partial charge in [0.2, 0.25) is 10.0 Å². The molecule has 28 heavy (non-hydrogen) atoms. The molecule has 4 rings (SSSR count). The third kappa shape index (κ3) is 3.85. The Morgan fingerprint density at radius 2 is 1.32 bits per heavy atom. The quantitative estimate of drug-likeness (QED) is 0.668. The van der Waals surface area contributed by atoms with Crippen molar-refractivity contribution in [3.63, 3.8) is 0 Å². The second kappa shape index (κ2) is 8.22. The highest BCUT2D eigenvalue weighted by atomic mass is 32.2. The number of sulfonamides is 1. The maximum atomic E-state index is 12.9. The molecule has 3 aromatic rings. The van der Waals surface area contributed by atoms with Gasteiger partial charge in [0, 0.05) is 38.6 Å². The van der Waals surface area contributed by atoms with Gasteiger partial charge < -0.3 is 0 Å². The minimum atomic E-state index is -3.50. The third-order valence-electron chi connectivity index (χ3n) is 5.14. The van der Waals surface area contributed by atoms with E-state index in [4.69, 9.17) is 0 Å². The zero-order valence-electron chi connectivity index (χ0n) is 15.6. The molecule has 0 spiro atoms. The van der Waals surface area contributed by atoms with Crippen molar-refractivity contribution in [2.45, 2.75) is 10.9 Å². The Hall–Kier alpha value is -2.54. The van der Waals surface area contributed by atoms with Gasteiger partial charge in [-0.3, -0.25) is 9.88 Å².